The summed E-state index contributed by atoms with van der Waals surface area (Å²) in [5.41, 5.74) is 1.75. The third kappa shape index (κ3) is 3.57. The van der Waals surface area contributed by atoms with Crippen LogP contribution in [-0.2, 0) is 16.4 Å². The third-order valence-electron chi connectivity index (χ3n) is 5.11. The van der Waals surface area contributed by atoms with Crippen molar-refractivity contribution in [1.82, 2.24) is 14.5 Å². The number of hydrogen-bond acceptors (Lipinski definition) is 5. The SMILES string of the molecule is Cc1ccc(S(=O)(=O)N2C(Cc3nnco3)CCC2c2ccc(F)cc2)cc1. The number of aromatic nitrogens is 2. The lowest BCUT2D eigenvalue weighted by Gasteiger charge is -2.29. The first-order valence-corrected chi connectivity index (χ1v) is 10.5. The van der Waals surface area contributed by atoms with E-state index in [4.69, 9.17) is 4.42 Å². The Balaban J connectivity index is 1.74. The monoisotopic (exact) mass is 401 g/mol. The molecule has 2 unspecified atom stereocenters. The van der Waals surface area contributed by atoms with E-state index in [0.717, 1.165) is 11.1 Å². The summed E-state index contributed by atoms with van der Waals surface area (Å²) >= 11 is 0. The van der Waals surface area contributed by atoms with Crippen molar-refractivity contribution in [3.63, 3.8) is 0 Å². The van der Waals surface area contributed by atoms with Gasteiger partial charge >= 0.3 is 0 Å². The Labute approximate surface area is 163 Å². The van der Waals surface area contributed by atoms with E-state index >= 15 is 0 Å². The van der Waals surface area contributed by atoms with Gasteiger partial charge in [0.15, 0.2) is 0 Å². The van der Waals surface area contributed by atoms with Crippen molar-refractivity contribution in [2.75, 3.05) is 0 Å². The molecule has 1 aliphatic heterocycles. The highest BCUT2D eigenvalue weighted by Crippen LogP contribution is 2.41. The van der Waals surface area contributed by atoms with E-state index in [9.17, 15) is 12.8 Å². The van der Waals surface area contributed by atoms with Crippen molar-refractivity contribution in [3.8, 4) is 0 Å². The van der Waals surface area contributed by atoms with Crippen LogP contribution in [0.25, 0.3) is 0 Å². The van der Waals surface area contributed by atoms with Gasteiger partial charge in [0, 0.05) is 12.5 Å². The number of sulfonamides is 1. The molecular formula is C20H20FN3O3S. The Kier molecular flexibility index (Phi) is 4.99. The first-order valence-electron chi connectivity index (χ1n) is 9.06. The van der Waals surface area contributed by atoms with Gasteiger partial charge in [-0.2, -0.15) is 4.31 Å². The van der Waals surface area contributed by atoms with Gasteiger partial charge in [0.05, 0.1) is 10.9 Å². The van der Waals surface area contributed by atoms with Crippen molar-refractivity contribution in [2.24, 2.45) is 0 Å². The molecule has 6 nitrogen and oxygen atoms in total. The average Bonchev–Trinajstić information content (AvgIpc) is 3.33. The normalized spacial score (nSPS) is 20.5. The molecule has 0 radical (unpaired) electrons. The second kappa shape index (κ2) is 7.44. The molecule has 28 heavy (non-hydrogen) atoms. The van der Waals surface area contributed by atoms with E-state index in [1.807, 2.05) is 6.92 Å². The minimum atomic E-state index is -3.77. The quantitative estimate of drug-likeness (QED) is 0.652. The summed E-state index contributed by atoms with van der Waals surface area (Å²) in [7, 11) is -3.77. The molecule has 0 amide bonds. The maximum absolute atomic E-state index is 13.5. The molecule has 3 aromatic rings. The van der Waals surface area contributed by atoms with Gasteiger partial charge in [0.1, 0.15) is 5.82 Å². The first-order chi connectivity index (χ1) is 13.4. The van der Waals surface area contributed by atoms with Crippen LogP contribution in [0.3, 0.4) is 0 Å². The molecule has 8 heteroatoms. The Morgan fingerprint density at radius 2 is 1.82 bits per heavy atom. The summed E-state index contributed by atoms with van der Waals surface area (Å²) in [6, 6.07) is 12.1. The summed E-state index contributed by atoms with van der Waals surface area (Å²) in [4.78, 5) is 0.239. The predicted octanol–water partition coefficient (Wildman–Crippen LogP) is 3.65. The van der Waals surface area contributed by atoms with Crippen LogP contribution in [-0.4, -0.2) is 29.0 Å². The van der Waals surface area contributed by atoms with E-state index in [-0.39, 0.29) is 22.8 Å². The van der Waals surface area contributed by atoms with Crippen LogP contribution in [0.5, 0.6) is 0 Å². The van der Waals surface area contributed by atoms with Gasteiger partial charge in [-0.1, -0.05) is 29.8 Å². The zero-order valence-electron chi connectivity index (χ0n) is 15.3. The number of nitrogens with zero attached hydrogens (tertiary/aromatic N) is 3. The van der Waals surface area contributed by atoms with Crippen molar-refractivity contribution in [1.29, 1.82) is 0 Å². The average molecular weight is 401 g/mol. The van der Waals surface area contributed by atoms with E-state index in [2.05, 4.69) is 10.2 Å². The molecule has 4 rings (SSSR count). The van der Waals surface area contributed by atoms with E-state index in [1.54, 1.807) is 36.4 Å². The second-order valence-electron chi connectivity index (χ2n) is 6.98. The topological polar surface area (TPSA) is 76.3 Å². The first kappa shape index (κ1) is 18.8. The molecule has 2 atom stereocenters. The van der Waals surface area contributed by atoms with E-state index in [1.165, 1.54) is 22.8 Å². The largest absolute Gasteiger partial charge is 0.428 e. The molecule has 0 bridgehead atoms. The van der Waals surface area contributed by atoms with Crippen LogP contribution in [0.1, 0.15) is 35.9 Å². The highest BCUT2D eigenvalue weighted by molar-refractivity contribution is 7.89. The molecule has 0 N–H and O–H groups in total. The van der Waals surface area contributed by atoms with Crippen molar-refractivity contribution >= 4 is 10.0 Å². The molecule has 0 saturated carbocycles. The second-order valence-corrected chi connectivity index (χ2v) is 8.83. The highest BCUT2D eigenvalue weighted by atomic mass is 32.2. The number of rotatable bonds is 5. The summed E-state index contributed by atoms with van der Waals surface area (Å²) < 4.78 is 47.2. The standard InChI is InChI=1S/C20H20FN3O3S/c1-14-2-9-18(10-3-14)28(25,26)24-17(12-20-23-22-13-27-20)8-11-19(24)15-4-6-16(21)7-5-15/h2-7,9-10,13,17,19H,8,11-12H2,1H3. The number of hydrogen-bond donors (Lipinski definition) is 0. The third-order valence-corrected chi connectivity index (χ3v) is 7.08. The smallest absolute Gasteiger partial charge is 0.243 e. The van der Waals surface area contributed by atoms with Gasteiger partial charge in [-0.3, -0.25) is 0 Å². The zero-order valence-corrected chi connectivity index (χ0v) is 16.1. The minimum absolute atomic E-state index is 0.239. The van der Waals surface area contributed by atoms with Crippen LogP contribution in [0, 0.1) is 12.7 Å². The molecule has 1 saturated heterocycles. The lowest BCUT2D eigenvalue weighted by Crippen LogP contribution is -2.38. The molecule has 1 aromatic heterocycles. The van der Waals surface area contributed by atoms with Crippen LogP contribution in [0.15, 0.2) is 64.2 Å². The molecule has 1 aliphatic rings. The van der Waals surface area contributed by atoms with Gasteiger partial charge in [0.2, 0.25) is 22.3 Å². The molecule has 146 valence electrons. The molecule has 2 heterocycles. The van der Waals surface area contributed by atoms with Gasteiger partial charge in [-0.15, -0.1) is 10.2 Å². The summed E-state index contributed by atoms with van der Waals surface area (Å²) in [5.74, 6) is 0.0472. The van der Waals surface area contributed by atoms with E-state index < -0.39 is 10.0 Å². The van der Waals surface area contributed by atoms with Gasteiger partial charge in [0.25, 0.3) is 0 Å². The zero-order chi connectivity index (χ0) is 19.7. The maximum atomic E-state index is 13.5. The summed E-state index contributed by atoms with van der Waals surface area (Å²) in [6.45, 7) is 1.91. The Morgan fingerprint density at radius 3 is 2.46 bits per heavy atom. The van der Waals surface area contributed by atoms with Crippen molar-refractivity contribution in [3.05, 3.63) is 77.8 Å². The predicted molar refractivity (Wildman–Crippen MR) is 100 cm³/mol. The van der Waals surface area contributed by atoms with E-state index in [0.29, 0.717) is 25.2 Å². The number of aryl methyl sites for hydroxylation is 1. The van der Waals surface area contributed by atoms with Crippen molar-refractivity contribution < 1.29 is 17.2 Å². The molecule has 2 aromatic carbocycles. The fraction of sp³-hybridized carbons (Fsp3) is 0.300. The molecule has 0 aliphatic carbocycles. The molecule has 1 fully saturated rings. The molecular weight excluding hydrogens is 381 g/mol. The Bertz CT molecular complexity index is 1040. The minimum Gasteiger partial charge on any atom is -0.428 e. The Morgan fingerprint density at radius 1 is 1.11 bits per heavy atom. The van der Waals surface area contributed by atoms with Gasteiger partial charge < -0.3 is 4.42 Å². The molecule has 0 spiro atoms. The fourth-order valence-corrected chi connectivity index (χ4v) is 5.59. The van der Waals surface area contributed by atoms with Gasteiger partial charge in [-0.25, -0.2) is 12.8 Å². The number of halogens is 1. The van der Waals surface area contributed by atoms with Crippen LogP contribution < -0.4 is 0 Å². The fourth-order valence-electron chi connectivity index (χ4n) is 3.73. The van der Waals surface area contributed by atoms with Crippen LogP contribution in [0.4, 0.5) is 4.39 Å². The highest BCUT2D eigenvalue weighted by Gasteiger charge is 2.43. The summed E-state index contributed by atoms with van der Waals surface area (Å²) in [5, 5.41) is 7.58. The van der Waals surface area contributed by atoms with Crippen LogP contribution in [0.2, 0.25) is 0 Å². The van der Waals surface area contributed by atoms with Gasteiger partial charge in [-0.05, 0) is 49.6 Å². The number of benzene rings is 2. The maximum Gasteiger partial charge on any atom is 0.243 e. The Hall–Kier alpha value is -2.58. The summed E-state index contributed by atoms with van der Waals surface area (Å²) in [6.07, 6.45) is 2.86. The lowest BCUT2D eigenvalue weighted by atomic mass is 10.1. The van der Waals surface area contributed by atoms with Crippen LogP contribution >= 0.6 is 0 Å². The van der Waals surface area contributed by atoms with Crippen molar-refractivity contribution in [2.45, 2.75) is 43.2 Å². The lowest BCUT2D eigenvalue weighted by molar-refractivity contribution is 0.308.